The Hall–Kier alpha value is -1.19. The number of aliphatic hydroxyl groups is 2. The quantitative estimate of drug-likeness (QED) is 0.803. The average molecular weight is 248 g/mol. The maximum absolute atomic E-state index is 12.0. The second kappa shape index (κ2) is 6.12. The summed E-state index contributed by atoms with van der Waals surface area (Å²) in [5.74, 6) is -0.324. The van der Waals surface area contributed by atoms with E-state index in [1.54, 1.807) is 24.3 Å². The Morgan fingerprint density at radius 2 is 1.67 bits per heavy atom. The molecular formula is C15H20O3. The zero-order valence-corrected chi connectivity index (χ0v) is 10.5. The van der Waals surface area contributed by atoms with Crippen LogP contribution in [0.1, 0.15) is 42.5 Å². The van der Waals surface area contributed by atoms with E-state index in [-0.39, 0.29) is 11.7 Å². The zero-order chi connectivity index (χ0) is 13.0. The molecule has 3 nitrogen and oxygen atoms in total. The highest BCUT2D eigenvalue weighted by Gasteiger charge is 2.32. The topological polar surface area (TPSA) is 57.5 Å². The molecule has 1 aromatic rings. The molecule has 18 heavy (non-hydrogen) atoms. The average Bonchev–Trinajstić information content (AvgIpc) is 2.47. The van der Waals surface area contributed by atoms with Crippen LogP contribution in [0.15, 0.2) is 30.3 Å². The van der Waals surface area contributed by atoms with E-state index in [1.807, 2.05) is 6.07 Å². The molecule has 2 N–H and O–H groups in total. The van der Waals surface area contributed by atoms with Gasteiger partial charge in [-0.1, -0.05) is 49.6 Å². The molecule has 0 aromatic heterocycles. The predicted octanol–water partition coefficient (Wildman–Crippen LogP) is 2.17. The number of carbonyl (C=O) groups is 1. The van der Waals surface area contributed by atoms with Gasteiger partial charge in [0.05, 0.1) is 6.10 Å². The third-order valence-corrected chi connectivity index (χ3v) is 3.78. The largest absolute Gasteiger partial charge is 0.390 e. The SMILES string of the molecule is O=C(c1ccccc1)[C@H](O)[C@@H](O)C1CCCCC1. The number of aliphatic hydroxyl groups excluding tert-OH is 2. The smallest absolute Gasteiger partial charge is 0.193 e. The van der Waals surface area contributed by atoms with Crippen LogP contribution in [0.25, 0.3) is 0 Å². The maximum atomic E-state index is 12.0. The third kappa shape index (κ3) is 2.98. The molecule has 0 saturated heterocycles. The van der Waals surface area contributed by atoms with Crippen LogP contribution in [-0.2, 0) is 0 Å². The summed E-state index contributed by atoms with van der Waals surface area (Å²) < 4.78 is 0. The van der Waals surface area contributed by atoms with E-state index >= 15 is 0 Å². The second-order valence-corrected chi connectivity index (χ2v) is 5.06. The summed E-state index contributed by atoms with van der Waals surface area (Å²) in [7, 11) is 0. The summed E-state index contributed by atoms with van der Waals surface area (Å²) in [6, 6.07) is 8.67. The van der Waals surface area contributed by atoms with Crippen LogP contribution < -0.4 is 0 Å². The summed E-state index contributed by atoms with van der Waals surface area (Å²) in [5, 5.41) is 20.1. The van der Waals surface area contributed by atoms with E-state index in [0.29, 0.717) is 5.56 Å². The summed E-state index contributed by atoms with van der Waals surface area (Å²) in [6.45, 7) is 0. The Balaban J connectivity index is 2.01. The van der Waals surface area contributed by atoms with Crippen LogP contribution >= 0.6 is 0 Å². The van der Waals surface area contributed by atoms with Gasteiger partial charge >= 0.3 is 0 Å². The Morgan fingerprint density at radius 3 is 2.28 bits per heavy atom. The van der Waals surface area contributed by atoms with Gasteiger partial charge in [-0.3, -0.25) is 4.79 Å². The molecule has 3 heteroatoms. The lowest BCUT2D eigenvalue weighted by molar-refractivity contribution is -0.0157. The van der Waals surface area contributed by atoms with Crippen molar-refractivity contribution in [2.24, 2.45) is 5.92 Å². The lowest BCUT2D eigenvalue weighted by Crippen LogP contribution is -2.40. The van der Waals surface area contributed by atoms with Crippen molar-refractivity contribution in [1.29, 1.82) is 0 Å². The second-order valence-electron chi connectivity index (χ2n) is 5.06. The molecule has 0 amide bonds. The third-order valence-electron chi connectivity index (χ3n) is 3.78. The van der Waals surface area contributed by atoms with Gasteiger partial charge in [0.15, 0.2) is 5.78 Å². The van der Waals surface area contributed by atoms with Gasteiger partial charge in [-0.15, -0.1) is 0 Å². The maximum Gasteiger partial charge on any atom is 0.193 e. The molecule has 0 heterocycles. The molecule has 0 spiro atoms. The van der Waals surface area contributed by atoms with Crippen LogP contribution in [0.5, 0.6) is 0 Å². The van der Waals surface area contributed by atoms with Gasteiger partial charge < -0.3 is 10.2 Å². The van der Waals surface area contributed by atoms with Gasteiger partial charge in [0, 0.05) is 5.56 Å². The monoisotopic (exact) mass is 248 g/mol. The lowest BCUT2D eigenvalue weighted by Gasteiger charge is -2.29. The summed E-state index contributed by atoms with van der Waals surface area (Å²) in [5.41, 5.74) is 0.458. The van der Waals surface area contributed by atoms with Crippen LogP contribution in [0.3, 0.4) is 0 Å². The fourth-order valence-corrected chi connectivity index (χ4v) is 2.66. The Labute approximate surface area is 107 Å². The molecule has 0 bridgehead atoms. The first kappa shape index (κ1) is 13.2. The molecule has 0 radical (unpaired) electrons. The van der Waals surface area contributed by atoms with Crippen molar-refractivity contribution in [3.63, 3.8) is 0 Å². The van der Waals surface area contributed by atoms with Crippen molar-refractivity contribution in [2.45, 2.75) is 44.3 Å². The van der Waals surface area contributed by atoms with Gasteiger partial charge in [0.1, 0.15) is 6.10 Å². The standard InChI is InChI=1S/C15H20O3/c16-13(11-7-3-1-4-8-11)15(18)14(17)12-9-5-2-6-10-12/h1,3-4,7-8,12,14-15,17-18H,2,5-6,9-10H2/t14-,15-/m0/s1. The molecule has 1 saturated carbocycles. The van der Waals surface area contributed by atoms with Crippen molar-refractivity contribution < 1.29 is 15.0 Å². The fraction of sp³-hybridized carbons (Fsp3) is 0.533. The molecular weight excluding hydrogens is 228 g/mol. The molecule has 0 aliphatic heterocycles. The van der Waals surface area contributed by atoms with Gasteiger partial charge in [-0.05, 0) is 18.8 Å². The Morgan fingerprint density at radius 1 is 1.06 bits per heavy atom. The van der Waals surface area contributed by atoms with Gasteiger partial charge in [0.2, 0.25) is 0 Å². The number of Topliss-reactive ketones (excluding diaryl/α,β-unsaturated/α-hetero) is 1. The van der Waals surface area contributed by atoms with Crippen molar-refractivity contribution in [1.82, 2.24) is 0 Å². The molecule has 1 aliphatic rings. The Bertz CT molecular complexity index is 382. The van der Waals surface area contributed by atoms with Crippen molar-refractivity contribution >= 4 is 5.78 Å². The highest BCUT2D eigenvalue weighted by molar-refractivity contribution is 5.99. The summed E-state index contributed by atoms with van der Waals surface area (Å²) in [6.07, 6.45) is 2.92. The minimum absolute atomic E-state index is 0.0569. The molecule has 1 aliphatic carbocycles. The van der Waals surface area contributed by atoms with Gasteiger partial charge in [-0.2, -0.15) is 0 Å². The lowest BCUT2D eigenvalue weighted by atomic mass is 9.82. The van der Waals surface area contributed by atoms with Crippen LogP contribution in [-0.4, -0.2) is 28.2 Å². The van der Waals surface area contributed by atoms with Crippen molar-refractivity contribution in [2.75, 3.05) is 0 Å². The number of carbonyl (C=O) groups excluding carboxylic acids is 1. The minimum Gasteiger partial charge on any atom is -0.390 e. The highest BCUT2D eigenvalue weighted by atomic mass is 16.3. The van der Waals surface area contributed by atoms with E-state index in [0.717, 1.165) is 25.7 Å². The van der Waals surface area contributed by atoms with Crippen LogP contribution in [0.2, 0.25) is 0 Å². The number of hydrogen-bond acceptors (Lipinski definition) is 3. The number of benzene rings is 1. The predicted molar refractivity (Wildman–Crippen MR) is 69.4 cm³/mol. The molecule has 2 rings (SSSR count). The number of rotatable bonds is 4. The Kier molecular flexibility index (Phi) is 4.50. The van der Waals surface area contributed by atoms with E-state index in [4.69, 9.17) is 0 Å². The van der Waals surface area contributed by atoms with E-state index in [2.05, 4.69) is 0 Å². The van der Waals surface area contributed by atoms with Crippen molar-refractivity contribution in [3.05, 3.63) is 35.9 Å². The fourth-order valence-electron chi connectivity index (χ4n) is 2.66. The highest BCUT2D eigenvalue weighted by Crippen LogP contribution is 2.28. The van der Waals surface area contributed by atoms with Crippen LogP contribution in [0.4, 0.5) is 0 Å². The normalized spacial score (nSPS) is 20.3. The summed E-state index contributed by atoms with van der Waals surface area (Å²) in [4.78, 5) is 12.0. The zero-order valence-electron chi connectivity index (χ0n) is 10.5. The number of hydrogen-bond donors (Lipinski definition) is 2. The van der Waals surface area contributed by atoms with E-state index in [9.17, 15) is 15.0 Å². The molecule has 1 aromatic carbocycles. The van der Waals surface area contributed by atoms with Crippen LogP contribution in [0, 0.1) is 5.92 Å². The molecule has 2 atom stereocenters. The molecule has 1 fully saturated rings. The molecule has 98 valence electrons. The first-order valence-electron chi connectivity index (χ1n) is 6.65. The van der Waals surface area contributed by atoms with E-state index in [1.165, 1.54) is 6.42 Å². The van der Waals surface area contributed by atoms with Crippen molar-refractivity contribution in [3.8, 4) is 0 Å². The first-order chi connectivity index (χ1) is 8.70. The van der Waals surface area contributed by atoms with E-state index < -0.39 is 12.2 Å². The summed E-state index contributed by atoms with van der Waals surface area (Å²) >= 11 is 0. The van der Waals surface area contributed by atoms with Gasteiger partial charge in [0.25, 0.3) is 0 Å². The minimum atomic E-state index is -1.30. The van der Waals surface area contributed by atoms with Gasteiger partial charge in [-0.25, -0.2) is 0 Å². The number of ketones is 1. The molecule has 0 unspecified atom stereocenters. The first-order valence-corrected chi connectivity index (χ1v) is 6.65.